The van der Waals surface area contributed by atoms with Crippen molar-refractivity contribution in [3.8, 4) is 0 Å². The summed E-state index contributed by atoms with van der Waals surface area (Å²) in [4.78, 5) is 29.8. The van der Waals surface area contributed by atoms with Gasteiger partial charge in [-0.15, -0.1) is 11.8 Å². The van der Waals surface area contributed by atoms with Gasteiger partial charge in [-0.05, 0) is 25.2 Å². The van der Waals surface area contributed by atoms with Gasteiger partial charge in [0.05, 0.1) is 12.0 Å². The molecule has 0 saturated carbocycles. The van der Waals surface area contributed by atoms with Gasteiger partial charge < -0.3 is 9.64 Å². The SMILES string of the molecule is CCOC(=O)N1CCN(C2CC(c3ccccc3)C(C(=O)C3=C[CH]C=C3)=C(SC)S2)CC1. The molecule has 2 atom stereocenters. The summed E-state index contributed by atoms with van der Waals surface area (Å²) in [5.41, 5.74) is 2.86. The molecule has 1 aliphatic carbocycles. The van der Waals surface area contributed by atoms with Crippen molar-refractivity contribution in [2.75, 3.05) is 39.0 Å². The topological polar surface area (TPSA) is 49.9 Å². The fourth-order valence-corrected chi connectivity index (χ4v) is 6.84. The van der Waals surface area contributed by atoms with Gasteiger partial charge in [0.1, 0.15) is 0 Å². The molecule has 0 aromatic heterocycles. The normalized spacial score (nSPS) is 23.9. The van der Waals surface area contributed by atoms with E-state index < -0.39 is 0 Å². The number of nitrogens with zero attached hydrogens (tertiary/aromatic N) is 2. The van der Waals surface area contributed by atoms with Crippen LogP contribution >= 0.6 is 23.5 Å². The van der Waals surface area contributed by atoms with E-state index in [0.717, 1.165) is 34.9 Å². The number of thioether (sulfide) groups is 2. The molecular weight excluding hydrogens is 440 g/mol. The highest BCUT2D eigenvalue weighted by Crippen LogP contribution is 2.49. The molecule has 5 nitrogen and oxygen atoms in total. The van der Waals surface area contributed by atoms with E-state index in [1.165, 1.54) is 5.56 Å². The van der Waals surface area contributed by atoms with Crippen molar-refractivity contribution >= 4 is 35.4 Å². The van der Waals surface area contributed by atoms with Crippen LogP contribution in [-0.4, -0.2) is 66.1 Å². The number of benzene rings is 1. The minimum Gasteiger partial charge on any atom is -0.450 e. The molecule has 1 fully saturated rings. The molecule has 0 spiro atoms. The Bertz CT molecular complexity index is 934. The average molecular weight is 470 g/mol. The second-order valence-electron chi connectivity index (χ2n) is 7.90. The number of hydrogen-bond acceptors (Lipinski definition) is 6. The molecule has 1 amide bonds. The average Bonchev–Trinajstić information content (AvgIpc) is 3.39. The molecule has 2 heterocycles. The maximum Gasteiger partial charge on any atom is 0.409 e. The summed E-state index contributed by atoms with van der Waals surface area (Å²) in [6.07, 6.45) is 10.4. The fourth-order valence-electron chi connectivity index (χ4n) is 4.41. The number of amides is 1. The van der Waals surface area contributed by atoms with Crippen molar-refractivity contribution in [1.82, 2.24) is 9.80 Å². The van der Waals surface area contributed by atoms with Crippen LogP contribution in [0, 0.1) is 6.42 Å². The van der Waals surface area contributed by atoms with Gasteiger partial charge in [0.2, 0.25) is 0 Å². The number of ether oxygens (including phenoxy) is 1. The van der Waals surface area contributed by atoms with Crippen LogP contribution in [-0.2, 0) is 9.53 Å². The maximum absolute atomic E-state index is 13.5. The Hall–Kier alpha value is -1.96. The summed E-state index contributed by atoms with van der Waals surface area (Å²) in [6.45, 7) is 5.20. The van der Waals surface area contributed by atoms with Crippen LogP contribution in [0.3, 0.4) is 0 Å². The minimum atomic E-state index is -0.224. The third-order valence-electron chi connectivity index (χ3n) is 6.05. The fraction of sp³-hybridized carbons (Fsp3) is 0.400. The summed E-state index contributed by atoms with van der Waals surface area (Å²) in [5, 5.41) is 0.267. The quantitative estimate of drug-likeness (QED) is 0.594. The number of carbonyl (C=O) groups excluding carboxylic acids is 2. The van der Waals surface area contributed by atoms with Crippen molar-refractivity contribution in [3.05, 3.63) is 75.9 Å². The number of hydrogen-bond donors (Lipinski definition) is 0. The van der Waals surface area contributed by atoms with Gasteiger partial charge in [0, 0.05) is 53.9 Å². The lowest BCUT2D eigenvalue weighted by Gasteiger charge is -2.42. The third-order valence-corrected chi connectivity index (χ3v) is 8.63. The van der Waals surface area contributed by atoms with Crippen LogP contribution in [0.5, 0.6) is 0 Å². The smallest absolute Gasteiger partial charge is 0.409 e. The van der Waals surface area contributed by atoms with Gasteiger partial charge in [-0.3, -0.25) is 9.69 Å². The third kappa shape index (κ3) is 5.00. The van der Waals surface area contributed by atoms with Gasteiger partial charge in [0.15, 0.2) is 5.78 Å². The molecule has 0 N–H and O–H groups in total. The lowest BCUT2D eigenvalue weighted by atomic mass is 9.84. The van der Waals surface area contributed by atoms with Crippen molar-refractivity contribution in [2.45, 2.75) is 24.6 Å². The van der Waals surface area contributed by atoms with E-state index in [4.69, 9.17) is 4.74 Å². The first-order valence-electron chi connectivity index (χ1n) is 11.0. The number of piperazine rings is 1. The van der Waals surface area contributed by atoms with Gasteiger partial charge in [-0.25, -0.2) is 4.79 Å². The molecule has 169 valence electrons. The monoisotopic (exact) mass is 469 g/mol. The lowest BCUT2D eigenvalue weighted by Crippen LogP contribution is -2.52. The Morgan fingerprint density at radius 1 is 1.16 bits per heavy atom. The van der Waals surface area contributed by atoms with Crippen molar-refractivity contribution in [1.29, 1.82) is 0 Å². The number of carbonyl (C=O) groups is 2. The molecule has 7 heteroatoms. The number of Topliss-reactive ketones (excluding diaryl/α,β-unsaturated/α-hetero) is 1. The standard InChI is InChI=1S/C25H29N2O3S2/c1-3-30-25(29)27-15-13-26(14-16-27)21-17-20(18-9-5-4-6-10-18)22(24(31-2)32-21)23(28)19-11-7-8-12-19/h4-12,20-21H,3,13-17H2,1-2H3. The zero-order valence-corrected chi connectivity index (χ0v) is 20.2. The van der Waals surface area contributed by atoms with Crippen LogP contribution in [0.2, 0.25) is 0 Å². The number of ketones is 1. The van der Waals surface area contributed by atoms with Crippen LogP contribution in [0.25, 0.3) is 0 Å². The first kappa shape index (κ1) is 23.2. The van der Waals surface area contributed by atoms with Crippen molar-refractivity contribution < 1.29 is 14.3 Å². The summed E-state index contributed by atoms with van der Waals surface area (Å²) < 4.78 is 6.27. The Morgan fingerprint density at radius 2 is 1.91 bits per heavy atom. The molecular formula is C25H29N2O3S2. The first-order chi connectivity index (χ1) is 15.6. The maximum atomic E-state index is 13.5. The lowest BCUT2D eigenvalue weighted by molar-refractivity contribution is -0.112. The van der Waals surface area contributed by atoms with Crippen LogP contribution in [0.1, 0.15) is 24.8 Å². The molecule has 1 radical (unpaired) electrons. The van der Waals surface area contributed by atoms with E-state index in [1.807, 2.05) is 49.8 Å². The molecule has 2 aliphatic heterocycles. The molecule has 0 bridgehead atoms. The second kappa shape index (κ2) is 10.8. The molecule has 4 rings (SSSR count). The highest BCUT2D eigenvalue weighted by atomic mass is 32.2. The van der Waals surface area contributed by atoms with Gasteiger partial charge in [0.25, 0.3) is 0 Å². The van der Waals surface area contributed by atoms with E-state index in [-0.39, 0.29) is 23.2 Å². The van der Waals surface area contributed by atoms with E-state index in [0.29, 0.717) is 19.7 Å². The highest BCUT2D eigenvalue weighted by molar-refractivity contribution is 8.22. The largest absolute Gasteiger partial charge is 0.450 e. The summed E-state index contributed by atoms with van der Waals surface area (Å²) >= 11 is 3.47. The second-order valence-corrected chi connectivity index (χ2v) is 10.2. The Morgan fingerprint density at radius 3 is 2.53 bits per heavy atom. The van der Waals surface area contributed by atoms with Crippen LogP contribution < -0.4 is 0 Å². The zero-order chi connectivity index (χ0) is 22.5. The van der Waals surface area contributed by atoms with Crippen molar-refractivity contribution in [2.24, 2.45) is 0 Å². The van der Waals surface area contributed by atoms with Crippen molar-refractivity contribution in [3.63, 3.8) is 0 Å². The Kier molecular flexibility index (Phi) is 7.81. The van der Waals surface area contributed by atoms with E-state index in [2.05, 4.69) is 23.3 Å². The zero-order valence-electron chi connectivity index (χ0n) is 18.5. The van der Waals surface area contributed by atoms with Crippen LogP contribution in [0.15, 0.2) is 63.9 Å². The van der Waals surface area contributed by atoms with Gasteiger partial charge in [-0.2, -0.15) is 0 Å². The molecule has 2 unspecified atom stereocenters. The molecule has 3 aliphatic rings. The summed E-state index contributed by atoms with van der Waals surface area (Å²) in [6, 6.07) is 10.4. The molecule has 1 saturated heterocycles. The van der Waals surface area contributed by atoms with E-state index in [1.54, 1.807) is 28.4 Å². The van der Waals surface area contributed by atoms with Gasteiger partial charge in [-0.1, -0.05) is 60.3 Å². The molecule has 1 aromatic carbocycles. The minimum absolute atomic E-state index is 0.0513. The van der Waals surface area contributed by atoms with Gasteiger partial charge >= 0.3 is 6.09 Å². The Balaban J connectivity index is 1.58. The predicted molar refractivity (Wildman–Crippen MR) is 132 cm³/mol. The number of allylic oxidation sites excluding steroid dienone is 5. The Labute approximate surface area is 198 Å². The predicted octanol–water partition coefficient (Wildman–Crippen LogP) is 4.85. The first-order valence-corrected chi connectivity index (χ1v) is 13.1. The highest BCUT2D eigenvalue weighted by Gasteiger charge is 2.38. The summed E-state index contributed by atoms with van der Waals surface area (Å²) in [7, 11) is 0. The van der Waals surface area contributed by atoms with E-state index in [9.17, 15) is 9.59 Å². The molecule has 1 aromatic rings. The molecule has 32 heavy (non-hydrogen) atoms. The van der Waals surface area contributed by atoms with Crippen LogP contribution in [0.4, 0.5) is 4.79 Å². The summed E-state index contributed by atoms with van der Waals surface area (Å²) in [5.74, 6) is 0.182. The number of rotatable bonds is 6. The van der Waals surface area contributed by atoms with E-state index >= 15 is 0 Å².